The van der Waals surface area contributed by atoms with Gasteiger partial charge in [-0.2, -0.15) is 0 Å². The lowest BCUT2D eigenvalue weighted by atomic mass is 9.91. The summed E-state index contributed by atoms with van der Waals surface area (Å²) < 4.78 is 10.3. The van der Waals surface area contributed by atoms with Gasteiger partial charge in [-0.15, -0.1) is 0 Å². The molecule has 0 fully saturated rings. The third kappa shape index (κ3) is 10.1. The molecule has 0 spiro atoms. The molecule has 1 N–H and O–H groups in total. The second kappa shape index (κ2) is 16.7. The van der Waals surface area contributed by atoms with Gasteiger partial charge in [0.25, 0.3) is 0 Å². The fourth-order valence-corrected chi connectivity index (χ4v) is 4.02. The van der Waals surface area contributed by atoms with E-state index in [9.17, 15) is 5.11 Å². The van der Waals surface area contributed by atoms with Gasteiger partial charge in [0.15, 0.2) is 6.29 Å². The molecule has 0 saturated heterocycles. The molecule has 0 aromatic heterocycles. The van der Waals surface area contributed by atoms with Crippen LogP contribution in [0, 0.1) is 5.92 Å². The first kappa shape index (κ1) is 30.2. The number of aryl methyl sites for hydroxylation is 1. The lowest BCUT2D eigenvalue weighted by Gasteiger charge is -2.18. The Morgan fingerprint density at radius 2 is 1.62 bits per heavy atom. The van der Waals surface area contributed by atoms with E-state index in [1.54, 1.807) is 7.11 Å². The first-order valence-electron chi connectivity index (χ1n) is 13.4. The van der Waals surface area contributed by atoms with Crippen molar-refractivity contribution in [2.24, 2.45) is 15.9 Å². The number of ether oxygens (including phenoxy) is 2. The van der Waals surface area contributed by atoms with Gasteiger partial charge in [-0.1, -0.05) is 82.3 Å². The van der Waals surface area contributed by atoms with Crippen molar-refractivity contribution in [2.45, 2.75) is 65.6 Å². The molecule has 0 radical (unpaired) electrons. The molecule has 2 aromatic rings. The maximum atomic E-state index is 9.82. The van der Waals surface area contributed by atoms with E-state index < -0.39 is 6.29 Å². The zero-order valence-corrected chi connectivity index (χ0v) is 23.4. The Morgan fingerprint density at radius 1 is 0.946 bits per heavy atom. The van der Waals surface area contributed by atoms with E-state index in [0.29, 0.717) is 5.92 Å². The quantitative estimate of drug-likeness (QED) is 0.208. The Morgan fingerprint density at radius 3 is 2.14 bits per heavy atom. The summed E-state index contributed by atoms with van der Waals surface area (Å²) in [6.07, 6.45) is 9.07. The van der Waals surface area contributed by atoms with E-state index in [2.05, 4.69) is 70.2 Å². The van der Waals surface area contributed by atoms with Gasteiger partial charge < -0.3 is 14.6 Å². The van der Waals surface area contributed by atoms with E-state index in [-0.39, 0.29) is 5.92 Å². The number of aliphatic hydroxyl groups is 1. The highest BCUT2D eigenvalue weighted by molar-refractivity contribution is 6.06. The molecule has 3 rings (SSSR count). The summed E-state index contributed by atoms with van der Waals surface area (Å²) in [4.78, 5) is 9.68. The summed E-state index contributed by atoms with van der Waals surface area (Å²) in [5, 5.41) is 9.82. The van der Waals surface area contributed by atoms with E-state index in [1.807, 2.05) is 30.4 Å². The van der Waals surface area contributed by atoms with Crippen LogP contribution >= 0.6 is 0 Å². The van der Waals surface area contributed by atoms with E-state index >= 15 is 0 Å². The molecule has 0 heterocycles. The van der Waals surface area contributed by atoms with E-state index in [1.165, 1.54) is 18.2 Å². The minimum absolute atomic E-state index is 0.191. The number of aliphatic hydroxyl groups excluding tert-OH is 1. The average molecular weight is 505 g/mol. The Bertz CT molecular complexity index is 1040. The molecular weight excluding hydrogens is 460 g/mol. The van der Waals surface area contributed by atoms with Crippen molar-refractivity contribution in [2.75, 3.05) is 20.8 Å². The topological polar surface area (TPSA) is 63.4 Å². The number of benzene rings is 2. The fourth-order valence-electron chi connectivity index (χ4n) is 4.02. The molecule has 0 aliphatic heterocycles. The summed E-state index contributed by atoms with van der Waals surface area (Å²) >= 11 is 0. The average Bonchev–Trinajstić information content (AvgIpc) is 2.95. The molecule has 37 heavy (non-hydrogen) atoms. The molecule has 0 bridgehead atoms. The van der Waals surface area contributed by atoms with Gasteiger partial charge in [0.05, 0.1) is 7.11 Å². The highest BCUT2D eigenvalue weighted by Crippen LogP contribution is 2.27. The van der Waals surface area contributed by atoms with Gasteiger partial charge in [-0.25, -0.2) is 4.99 Å². The summed E-state index contributed by atoms with van der Waals surface area (Å²) in [7, 11) is 3.18. The Kier molecular flexibility index (Phi) is 13.6. The van der Waals surface area contributed by atoms with Crippen LogP contribution in [0.25, 0.3) is 0 Å². The van der Waals surface area contributed by atoms with E-state index in [4.69, 9.17) is 19.5 Å². The van der Waals surface area contributed by atoms with Crippen molar-refractivity contribution in [3.05, 3.63) is 95.3 Å². The van der Waals surface area contributed by atoms with Crippen LogP contribution in [-0.2, 0) is 15.9 Å². The second-order valence-electron chi connectivity index (χ2n) is 9.13. The zero-order valence-electron chi connectivity index (χ0n) is 23.4. The Labute approximate surface area is 223 Å². The van der Waals surface area contributed by atoms with Crippen molar-refractivity contribution in [1.29, 1.82) is 0 Å². The first-order chi connectivity index (χ1) is 17.9. The predicted octanol–water partition coefficient (Wildman–Crippen LogP) is 7.44. The molecule has 5 nitrogen and oxygen atoms in total. The predicted molar refractivity (Wildman–Crippen MR) is 155 cm³/mol. The summed E-state index contributed by atoms with van der Waals surface area (Å²) in [6, 6.07) is 18.4. The van der Waals surface area contributed by atoms with Crippen LogP contribution in [0.2, 0.25) is 0 Å². The summed E-state index contributed by atoms with van der Waals surface area (Å²) in [5.41, 5.74) is 4.40. The van der Waals surface area contributed by atoms with Crippen LogP contribution in [-0.4, -0.2) is 37.4 Å². The normalized spacial score (nSPS) is 18.0. The van der Waals surface area contributed by atoms with Crippen LogP contribution in [0.3, 0.4) is 0 Å². The van der Waals surface area contributed by atoms with Crippen molar-refractivity contribution in [1.82, 2.24) is 0 Å². The third-order valence-electron chi connectivity index (χ3n) is 6.40. The highest BCUT2D eigenvalue weighted by atomic mass is 16.6. The molecule has 2 aromatic carbocycles. The molecule has 3 unspecified atom stereocenters. The van der Waals surface area contributed by atoms with Crippen molar-refractivity contribution in [3.63, 3.8) is 0 Å². The fraction of sp³-hybridized carbons (Fsp3) is 0.438. The molecule has 1 aliphatic carbocycles. The van der Waals surface area contributed by atoms with Crippen LogP contribution in [0.1, 0.15) is 75.9 Å². The van der Waals surface area contributed by atoms with Gasteiger partial charge in [-0.05, 0) is 54.5 Å². The highest BCUT2D eigenvalue weighted by Gasteiger charge is 2.17. The summed E-state index contributed by atoms with van der Waals surface area (Å²) in [6.45, 7) is 9.37. The van der Waals surface area contributed by atoms with Crippen molar-refractivity contribution in [3.8, 4) is 0 Å². The number of allylic oxidation sites excluding steroid dienone is 3. The van der Waals surface area contributed by atoms with Crippen LogP contribution in [0.4, 0.5) is 0 Å². The number of hydrogen-bond donors (Lipinski definition) is 1. The van der Waals surface area contributed by atoms with Gasteiger partial charge in [-0.3, -0.25) is 4.99 Å². The van der Waals surface area contributed by atoms with Gasteiger partial charge in [0, 0.05) is 37.3 Å². The molecule has 0 saturated carbocycles. The number of rotatable bonds is 10. The molecule has 1 aliphatic rings. The standard InChI is InChI=1S/C24H34N2O3.C8H10/c1-6-14-25-23(26-22-13-12-21(28-4)15-17(22)3)16-18(7-2)19-8-10-20(11-9-19)24(27)29-5;1-2-8-6-4-3-5-7-8/h8-13,15,17-18,24,27H,6-7,14,16H2,1-5H3;3-7H,2H2,1H3. The van der Waals surface area contributed by atoms with Gasteiger partial charge in [0.1, 0.15) is 11.6 Å². The lowest BCUT2D eigenvalue weighted by molar-refractivity contribution is -0.0769. The smallest absolute Gasteiger partial charge is 0.180 e. The van der Waals surface area contributed by atoms with Crippen molar-refractivity contribution >= 4 is 11.5 Å². The maximum Gasteiger partial charge on any atom is 0.180 e. The SMILES string of the molecule is CCCN=C(CC(CC)c1ccc(C(O)OC)cc1)N=C1C=CC(OC)=CC1C.CCc1ccccc1. The van der Waals surface area contributed by atoms with Crippen LogP contribution < -0.4 is 0 Å². The molecular formula is C32H44N2O3. The second-order valence-corrected chi connectivity index (χ2v) is 9.13. The Balaban J connectivity index is 0.000000510. The molecule has 3 atom stereocenters. The third-order valence-corrected chi connectivity index (χ3v) is 6.40. The van der Waals surface area contributed by atoms with Gasteiger partial charge in [0.2, 0.25) is 0 Å². The first-order valence-corrected chi connectivity index (χ1v) is 13.4. The number of amidine groups is 1. The van der Waals surface area contributed by atoms with Gasteiger partial charge >= 0.3 is 0 Å². The lowest BCUT2D eigenvalue weighted by Crippen LogP contribution is -2.15. The molecule has 200 valence electrons. The van der Waals surface area contributed by atoms with Crippen LogP contribution in [0.15, 0.2) is 88.6 Å². The number of aliphatic imine (C=N–C) groups is 2. The number of nitrogens with zero attached hydrogens (tertiary/aromatic N) is 2. The molecule has 0 amide bonds. The monoisotopic (exact) mass is 504 g/mol. The molecule has 5 heteroatoms. The summed E-state index contributed by atoms with van der Waals surface area (Å²) in [5.74, 6) is 2.27. The largest absolute Gasteiger partial charge is 0.497 e. The van der Waals surface area contributed by atoms with Crippen LogP contribution in [0.5, 0.6) is 0 Å². The Hall–Kier alpha value is -3.02. The van der Waals surface area contributed by atoms with E-state index in [0.717, 1.165) is 55.1 Å². The number of methoxy groups -OCH3 is 2. The zero-order chi connectivity index (χ0) is 27.0. The maximum absolute atomic E-state index is 9.82. The van der Waals surface area contributed by atoms with Crippen molar-refractivity contribution < 1.29 is 14.6 Å². The number of hydrogen-bond acceptors (Lipinski definition) is 4. The minimum Gasteiger partial charge on any atom is -0.497 e. The minimum atomic E-state index is -0.887.